The van der Waals surface area contributed by atoms with Gasteiger partial charge < -0.3 is 24.0 Å². The van der Waals surface area contributed by atoms with Gasteiger partial charge in [0.2, 0.25) is 5.88 Å². The van der Waals surface area contributed by atoms with Crippen LogP contribution in [0, 0.1) is 6.92 Å². The van der Waals surface area contributed by atoms with Gasteiger partial charge in [0.1, 0.15) is 18.2 Å². The largest absolute Gasteiger partial charge is 0.478 e. The Labute approximate surface area is 226 Å². The summed E-state index contributed by atoms with van der Waals surface area (Å²) >= 11 is 0. The molecule has 2 saturated heterocycles. The number of aryl methyl sites for hydroxylation is 1. The van der Waals surface area contributed by atoms with Crippen LogP contribution in [-0.4, -0.2) is 74.4 Å². The quantitative estimate of drug-likeness (QED) is 0.349. The summed E-state index contributed by atoms with van der Waals surface area (Å²) in [6.45, 7) is 7.95. The molecule has 10 nitrogen and oxygen atoms in total. The van der Waals surface area contributed by atoms with Crippen molar-refractivity contribution in [1.82, 2.24) is 24.4 Å². The lowest BCUT2D eigenvalue weighted by Gasteiger charge is -2.35. The fraction of sp³-hybridized carbons (Fsp3) is 0.379. The van der Waals surface area contributed by atoms with Crippen LogP contribution in [0.25, 0.3) is 11.0 Å². The minimum Gasteiger partial charge on any atom is -0.478 e. The van der Waals surface area contributed by atoms with Crippen molar-refractivity contribution in [3.05, 3.63) is 77.4 Å². The number of piperazine rings is 1. The number of rotatable bonds is 9. The van der Waals surface area contributed by atoms with Crippen LogP contribution >= 0.6 is 0 Å². The molecule has 0 radical (unpaired) electrons. The van der Waals surface area contributed by atoms with Crippen molar-refractivity contribution in [2.24, 2.45) is 0 Å². The normalized spacial score (nSPS) is 17.8. The van der Waals surface area contributed by atoms with Gasteiger partial charge >= 0.3 is 5.97 Å². The molecule has 1 atom stereocenters. The molecule has 0 aliphatic carbocycles. The first kappa shape index (κ1) is 25.3. The van der Waals surface area contributed by atoms with Gasteiger partial charge in [0.05, 0.1) is 41.5 Å². The van der Waals surface area contributed by atoms with E-state index in [9.17, 15) is 9.90 Å². The van der Waals surface area contributed by atoms with E-state index in [0.717, 1.165) is 73.1 Å². The molecule has 6 rings (SSSR count). The number of benzene rings is 1. The topological polar surface area (TPSA) is 106 Å². The third kappa shape index (κ3) is 5.71. The van der Waals surface area contributed by atoms with Gasteiger partial charge in [-0.3, -0.25) is 9.88 Å². The minimum atomic E-state index is -0.933. The van der Waals surface area contributed by atoms with E-state index in [0.29, 0.717) is 25.6 Å². The van der Waals surface area contributed by atoms with Crippen LogP contribution in [0.2, 0.25) is 0 Å². The lowest BCUT2D eigenvalue weighted by Crippen LogP contribution is -2.46. The summed E-state index contributed by atoms with van der Waals surface area (Å²) in [5.41, 5.74) is 3.92. The van der Waals surface area contributed by atoms with Crippen molar-refractivity contribution in [2.75, 3.05) is 37.7 Å². The zero-order chi connectivity index (χ0) is 26.8. The molecule has 2 aliphatic rings. The molecular weight excluding hydrogens is 496 g/mol. The summed E-state index contributed by atoms with van der Waals surface area (Å²) < 4.78 is 13.7. The van der Waals surface area contributed by atoms with Gasteiger partial charge in [-0.2, -0.15) is 4.98 Å². The Balaban J connectivity index is 1.11. The van der Waals surface area contributed by atoms with Crippen molar-refractivity contribution in [2.45, 2.75) is 39.1 Å². The van der Waals surface area contributed by atoms with E-state index in [2.05, 4.69) is 19.4 Å². The van der Waals surface area contributed by atoms with Crippen LogP contribution in [0.15, 0.2) is 54.7 Å². The molecule has 0 bridgehead atoms. The number of fused-ring (bicyclic) bond motifs is 1. The molecular formula is C29H32N6O4. The van der Waals surface area contributed by atoms with Gasteiger partial charge in [-0.25, -0.2) is 9.78 Å². The fourth-order valence-electron chi connectivity index (χ4n) is 4.99. The zero-order valence-electron chi connectivity index (χ0n) is 22.0. The highest BCUT2D eigenvalue weighted by Gasteiger charge is 2.25. The van der Waals surface area contributed by atoms with Crippen LogP contribution in [0.5, 0.6) is 5.88 Å². The molecule has 2 aliphatic heterocycles. The predicted octanol–water partition coefficient (Wildman–Crippen LogP) is 3.52. The predicted molar refractivity (Wildman–Crippen MR) is 146 cm³/mol. The lowest BCUT2D eigenvalue weighted by atomic mass is 10.1. The summed E-state index contributed by atoms with van der Waals surface area (Å²) in [7, 11) is 0. The Morgan fingerprint density at radius 3 is 2.67 bits per heavy atom. The van der Waals surface area contributed by atoms with Crippen molar-refractivity contribution < 1.29 is 19.4 Å². The molecule has 0 spiro atoms. The number of aromatic nitrogens is 4. The Kier molecular flexibility index (Phi) is 7.12. The maximum atomic E-state index is 11.6. The first-order chi connectivity index (χ1) is 19.0. The molecule has 5 heterocycles. The van der Waals surface area contributed by atoms with Crippen molar-refractivity contribution in [3.63, 3.8) is 0 Å². The summed E-state index contributed by atoms with van der Waals surface area (Å²) in [6, 6.07) is 15.0. The minimum absolute atomic E-state index is 0.147. The second kappa shape index (κ2) is 11.0. The standard InChI is InChI=1S/C29H32N6O4/c1-20-5-7-22(30-16-20)19-39-28-4-2-3-26(32-28)34-12-10-33(11-13-34)18-27-31-24-8-6-21(29(36)37)15-25(24)35(27)17-23-9-14-38-23/h2-8,15-16,23H,9-14,17-19H2,1H3,(H,36,37). The van der Waals surface area contributed by atoms with Crippen LogP contribution in [0.1, 0.15) is 33.9 Å². The molecule has 1 unspecified atom stereocenters. The van der Waals surface area contributed by atoms with Crippen molar-refractivity contribution in [1.29, 1.82) is 0 Å². The van der Waals surface area contributed by atoms with E-state index in [1.807, 2.05) is 43.5 Å². The average Bonchev–Trinajstić information content (AvgIpc) is 3.26. The Bertz CT molecular complexity index is 1460. The average molecular weight is 529 g/mol. The third-order valence-corrected chi connectivity index (χ3v) is 7.36. The number of carbonyl (C=O) groups is 1. The van der Waals surface area contributed by atoms with Crippen molar-refractivity contribution >= 4 is 22.8 Å². The Morgan fingerprint density at radius 1 is 1.10 bits per heavy atom. The molecule has 1 aromatic carbocycles. The number of imidazole rings is 1. The summed E-state index contributed by atoms with van der Waals surface area (Å²) in [6.07, 6.45) is 2.99. The molecule has 1 N–H and O–H groups in total. The van der Waals surface area contributed by atoms with Gasteiger partial charge in [0.15, 0.2) is 0 Å². The molecule has 4 aromatic rings. The van der Waals surface area contributed by atoms with Gasteiger partial charge in [-0.15, -0.1) is 0 Å². The summed E-state index contributed by atoms with van der Waals surface area (Å²) in [5.74, 6) is 1.50. The van der Waals surface area contributed by atoms with E-state index >= 15 is 0 Å². The number of hydrogen-bond acceptors (Lipinski definition) is 8. The number of carboxylic acid groups (broad SMARTS) is 1. The number of anilines is 1. The van der Waals surface area contributed by atoms with E-state index < -0.39 is 5.97 Å². The molecule has 202 valence electrons. The number of ether oxygens (including phenoxy) is 2. The molecule has 10 heteroatoms. The van der Waals surface area contributed by atoms with Gasteiger partial charge in [0.25, 0.3) is 0 Å². The number of hydrogen-bond donors (Lipinski definition) is 1. The highest BCUT2D eigenvalue weighted by Crippen LogP contribution is 2.24. The summed E-state index contributed by atoms with van der Waals surface area (Å²) in [5, 5.41) is 9.49. The maximum absolute atomic E-state index is 11.6. The SMILES string of the molecule is Cc1ccc(COc2cccc(N3CCN(Cc4nc5ccc(C(=O)O)cc5n4CC4CCO4)CC3)n2)nc1. The van der Waals surface area contributed by atoms with Gasteiger partial charge in [-0.05, 0) is 49.2 Å². The van der Waals surface area contributed by atoms with Crippen LogP contribution < -0.4 is 9.64 Å². The second-order valence-electron chi connectivity index (χ2n) is 10.1. The molecule has 0 amide bonds. The smallest absolute Gasteiger partial charge is 0.335 e. The number of nitrogens with zero attached hydrogens (tertiary/aromatic N) is 6. The highest BCUT2D eigenvalue weighted by molar-refractivity contribution is 5.92. The van der Waals surface area contributed by atoms with E-state index in [1.165, 1.54) is 0 Å². The van der Waals surface area contributed by atoms with E-state index in [1.54, 1.807) is 18.2 Å². The Hall–Kier alpha value is -4.02. The van der Waals surface area contributed by atoms with Crippen LogP contribution in [-0.2, 0) is 24.4 Å². The van der Waals surface area contributed by atoms with E-state index in [-0.39, 0.29) is 11.7 Å². The lowest BCUT2D eigenvalue weighted by molar-refractivity contribution is -0.0592. The molecule has 0 saturated carbocycles. The second-order valence-corrected chi connectivity index (χ2v) is 10.1. The van der Waals surface area contributed by atoms with Crippen LogP contribution in [0.4, 0.5) is 5.82 Å². The van der Waals surface area contributed by atoms with Gasteiger partial charge in [-0.1, -0.05) is 12.1 Å². The monoisotopic (exact) mass is 528 g/mol. The maximum Gasteiger partial charge on any atom is 0.335 e. The third-order valence-electron chi connectivity index (χ3n) is 7.36. The highest BCUT2D eigenvalue weighted by atomic mass is 16.5. The molecule has 39 heavy (non-hydrogen) atoms. The molecule has 3 aromatic heterocycles. The van der Waals surface area contributed by atoms with E-state index in [4.69, 9.17) is 19.4 Å². The summed E-state index contributed by atoms with van der Waals surface area (Å²) in [4.78, 5) is 30.2. The first-order valence-electron chi connectivity index (χ1n) is 13.3. The zero-order valence-corrected chi connectivity index (χ0v) is 22.0. The Morgan fingerprint density at radius 2 is 1.95 bits per heavy atom. The number of pyridine rings is 2. The fourth-order valence-corrected chi connectivity index (χ4v) is 4.99. The number of carboxylic acids is 1. The number of aromatic carboxylic acids is 1. The first-order valence-corrected chi connectivity index (χ1v) is 13.3. The molecule has 2 fully saturated rings. The van der Waals surface area contributed by atoms with Gasteiger partial charge in [0, 0.05) is 45.0 Å². The van der Waals surface area contributed by atoms with Crippen molar-refractivity contribution in [3.8, 4) is 5.88 Å². The van der Waals surface area contributed by atoms with Crippen LogP contribution in [0.3, 0.4) is 0 Å².